The summed E-state index contributed by atoms with van der Waals surface area (Å²) in [6.07, 6.45) is 0.0479. The van der Waals surface area contributed by atoms with E-state index >= 15 is 0 Å². The average Bonchev–Trinajstić information content (AvgIpc) is 3.04. The number of hydrogen-bond acceptors (Lipinski definition) is 5. The second-order valence-electron chi connectivity index (χ2n) is 5.20. The fraction of sp³-hybridized carbons (Fsp3) is 0.267. The Morgan fingerprint density at radius 1 is 1.58 bits per heavy atom. The van der Waals surface area contributed by atoms with Crippen LogP contribution in [0.15, 0.2) is 16.6 Å². The van der Waals surface area contributed by atoms with Gasteiger partial charge in [0.1, 0.15) is 17.1 Å². The van der Waals surface area contributed by atoms with Crippen molar-refractivity contribution in [1.29, 1.82) is 5.26 Å². The molecule has 1 saturated heterocycles. The van der Waals surface area contributed by atoms with Gasteiger partial charge in [-0.15, -0.1) is 0 Å². The fourth-order valence-corrected chi connectivity index (χ4v) is 3.02. The zero-order valence-corrected chi connectivity index (χ0v) is 14.5. The van der Waals surface area contributed by atoms with Gasteiger partial charge in [0.2, 0.25) is 0 Å². The average molecular weight is 414 g/mol. The van der Waals surface area contributed by atoms with E-state index in [1.165, 1.54) is 12.1 Å². The third-order valence-electron chi connectivity index (χ3n) is 3.65. The zero-order valence-electron chi connectivity index (χ0n) is 12.2. The number of carbonyl (C=O) groups excluding carboxylic acids is 1. The van der Waals surface area contributed by atoms with Crippen LogP contribution >= 0.6 is 27.5 Å². The van der Waals surface area contributed by atoms with Gasteiger partial charge in [-0.3, -0.25) is 0 Å². The number of benzene rings is 1. The molecule has 2 heterocycles. The number of rotatable bonds is 2. The molecule has 3 rings (SSSR count). The van der Waals surface area contributed by atoms with E-state index < -0.39 is 11.9 Å². The van der Waals surface area contributed by atoms with Crippen molar-refractivity contribution in [2.75, 3.05) is 13.1 Å². The van der Waals surface area contributed by atoms with Crippen LogP contribution in [0, 0.1) is 17.1 Å². The highest BCUT2D eigenvalue weighted by Crippen LogP contribution is 2.36. The van der Waals surface area contributed by atoms with Crippen molar-refractivity contribution in [2.45, 2.75) is 12.5 Å². The number of aromatic nitrogens is 1. The minimum Gasteiger partial charge on any atom is -0.408 e. The third kappa shape index (κ3) is 3.15. The Morgan fingerprint density at radius 2 is 2.38 bits per heavy atom. The van der Waals surface area contributed by atoms with Gasteiger partial charge in [0.15, 0.2) is 16.7 Å². The van der Waals surface area contributed by atoms with Gasteiger partial charge in [0.05, 0.1) is 4.47 Å². The molecule has 9 heteroatoms. The molecule has 1 atom stereocenters. The number of carbonyl (C=O) groups is 1. The van der Waals surface area contributed by atoms with E-state index in [1.54, 1.807) is 0 Å². The lowest BCUT2D eigenvalue weighted by atomic mass is 10.1. The number of halogens is 3. The Bertz CT molecular complexity index is 865. The lowest BCUT2D eigenvalue weighted by Crippen LogP contribution is -2.38. The molecule has 1 aliphatic heterocycles. The molecule has 0 bridgehead atoms. The van der Waals surface area contributed by atoms with Crippen molar-refractivity contribution in [3.05, 3.63) is 33.1 Å². The number of nitriles is 1. The molecule has 0 radical (unpaired) electrons. The van der Waals surface area contributed by atoms with Crippen LogP contribution in [0.1, 0.15) is 12.0 Å². The molecule has 1 amide bonds. The number of pyridine rings is 1. The topological polar surface area (TPSA) is 87.0 Å². The smallest absolute Gasteiger partial charge is 0.408 e. The fourth-order valence-electron chi connectivity index (χ4n) is 2.48. The molecule has 124 valence electrons. The van der Waals surface area contributed by atoms with Gasteiger partial charge in [-0.05, 0) is 41.0 Å². The first kappa shape index (κ1) is 16.9. The van der Waals surface area contributed by atoms with E-state index in [-0.39, 0.29) is 37.9 Å². The summed E-state index contributed by atoms with van der Waals surface area (Å²) in [4.78, 5) is 16.0. The number of hydrogen-bond donors (Lipinski definition) is 2. The Balaban J connectivity index is 2.03. The first-order valence-electron chi connectivity index (χ1n) is 7.07. The van der Waals surface area contributed by atoms with E-state index in [1.807, 2.05) is 6.07 Å². The monoisotopic (exact) mass is 412 g/mol. The summed E-state index contributed by atoms with van der Waals surface area (Å²) in [6.45, 7) is 1.44. The first-order valence-corrected chi connectivity index (χ1v) is 8.24. The van der Waals surface area contributed by atoms with Gasteiger partial charge < -0.3 is 15.4 Å². The number of amides is 1. The molecule has 2 N–H and O–H groups in total. The van der Waals surface area contributed by atoms with Gasteiger partial charge in [-0.1, -0.05) is 11.6 Å². The van der Waals surface area contributed by atoms with Crippen LogP contribution in [-0.2, 0) is 0 Å². The molecule has 0 saturated carbocycles. The van der Waals surface area contributed by atoms with Gasteiger partial charge in [-0.2, -0.15) is 5.26 Å². The summed E-state index contributed by atoms with van der Waals surface area (Å²) in [5.41, 5.74) is -0.204. The Hall–Kier alpha value is -1.95. The van der Waals surface area contributed by atoms with Crippen LogP contribution < -0.4 is 15.4 Å². The molecular weight excluding hydrogens is 403 g/mol. The number of fused-ring (bicyclic) bond motifs is 1. The molecule has 1 unspecified atom stereocenters. The van der Waals surface area contributed by atoms with Crippen LogP contribution in [0.25, 0.3) is 10.9 Å². The second-order valence-corrected chi connectivity index (χ2v) is 6.41. The molecule has 6 nitrogen and oxygen atoms in total. The molecule has 0 spiro atoms. The van der Waals surface area contributed by atoms with Crippen LogP contribution in [0.4, 0.5) is 9.18 Å². The van der Waals surface area contributed by atoms with Gasteiger partial charge in [0.25, 0.3) is 0 Å². The van der Waals surface area contributed by atoms with Gasteiger partial charge >= 0.3 is 6.09 Å². The van der Waals surface area contributed by atoms with Crippen LogP contribution in [-0.4, -0.2) is 30.2 Å². The molecule has 24 heavy (non-hydrogen) atoms. The van der Waals surface area contributed by atoms with Gasteiger partial charge in [-0.25, -0.2) is 14.2 Å². The second kappa shape index (κ2) is 6.89. The maximum atomic E-state index is 14.2. The summed E-state index contributed by atoms with van der Waals surface area (Å²) in [7, 11) is 0. The number of nitrogens with zero attached hydrogens (tertiary/aromatic N) is 2. The lowest BCUT2D eigenvalue weighted by Gasteiger charge is -2.14. The molecular formula is C15H11BrClFN4O2. The van der Waals surface area contributed by atoms with Crippen molar-refractivity contribution in [1.82, 2.24) is 15.6 Å². The highest BCUT2D eigenvalue weighted by atomic mass is 79.9. The van der Waals surface area contributed by atoms with Crippen molar-refractivity contribution >= 4 is 44.5 Å². The molecule has 0 aliphatic carbocycles. The molecule has 1 aliphatic rings. The predicted octanol–water partition coefficient (Wildman–Crippen LogP) is 3.11. The standard InChI is InChI=1S/C15H11BrClFN4O2/c16-10-2-1-8-12(11(10)18)22-14(17)9(5-19)13(8)24-15(23)21-7-3-4-20-6-7/h1-2,7,20H,3-4,6H2,(H,21,23). The summed E-state index contributed by atoms with van der Waals surface area (Å²) in [5.74, 6) is -0.758. The SMILES string of the molecule is N#Cc1c(Cl)nc2c(F)c(Br)ccc2c1OC(=O)NC1CCNC1. The molecule has 1 aromatic carbocycles. The Kier molecular flexibility index (Phi) is 4.85. The van der Waals surface area contributed by atoms with Crippen LogP contribution in [0.2, 0.25) is 5.15 Å². The third-order valence-corrected chi connectivity index (χ3v) is 4.53. The quantitative estimate of drug-likeness (QED) is 0.739. The minimum atomic E-state index is -0.730. The summed E-state index contributed by atoms with van der Waals surface area (Å²) < 4.78 is 19.7. The highest BCUT2D eigenvalue weighted by Gasteiger charge is 2.23. The first-order chi connectivity index (χ1) is 11.5. The lowest BCUT2D eigenvalue weighted by molar-refractivity contribution is 0.197. The maximum Gasteiger partial charge on any atom is 0.412 e. The van der Waals surface area contributed by atoms with Crippen molar-refractivity contribution < 1.29 is 13.9 Å². The molecule has 2 aromatic rings. The van der Waals surface area contributed by atoms with E-state index in [2.05, 4.69) is 31.5 Å². The van der Waals surface area contributed by atoms with Crippen LogP contribution in [0.3, 0.4) is 0 Å². The number of ether oxygens (including phenoxy) is 1. The maximum absolute atomic E-state index is 14.2. The van der Waals surface area contributed by atoms with Crippen molar-refractivity contribution in [2.24, 2.45) is 0 Å². The zero-order chi connectivity index (χ0) is 17.3. The summed E-state index contributed by atoms with van der Waals surface area (Å²) >= 11 is 9.01. The van der Waals surface area contributed by atoms with E-state index in [0.29, 0.717) is 6.54 Å². The van der Waals surface area contributed by atoms with Gasteiger partial charge in [0, 0.05) is 18.0 Å². The van der Waals surface area contributed by atoms with E-state index in [9.17, 15) is 14.4 Å². The van der Waals surface area contributed by atoms with E-state index in [4.69, 9.17) is 16.3 Å². The van der Waals surface area contributed by atoms with E-state index in [0.717, 1.165) is 13.0 Å². The predicted molar refractivity (Wildman–Crippen MR) is 89.6 cm³/mol. The Labute approximate surface area is 150 Å². The van der Waals surface area contributed by atoms with Crippen molar-refractivity contribution in [3.8, 4) is 11.8 Å². The van der Waals surface area contributed by atoms with Crippen LogP contribution in [0.5, 0.6) is 5.75 Å². The molecule has 1 fully saturated rings. The number of nitrogens with one attached hydrogen (secondary N) is 2. The molecule has 1 aromatic heterocycles. The highest BCUT2D eigenvalue weighted by molar-refractivity contribution is 9.10. The normalized spacial score (nSPS) is 16.8. The largest absolute Gasteiger partial charge is 0.412 e. The summed E-state index contributed by atoms with van der Waals surface area (Å²) in [6, 6.07) is 4.74. The minimum absolute atomic E-state index is 0.0579. The summed E-state index contributed by atoms with van der Waals surface area (Å²) in [5, 5.41) is 15.0. The van der Waals surface area contributed by atoms with Crippen molar-refractivity contribution in [3.63, 3.8) is 0 Å². The Morgan fingerprint density at radius 3 is 3.04 bits per heavy atom.